The summed E-state index contributed by atoms with van der Waals surface area (Å²) < 4.78 is 50.8. The van der Waals surface area contributed by atoms with E-state index < -0.39 is 23.5 Å². The number of rotatable bonds is 3. The highest BCUT2D eigenvalue weighted by Gasteiger charge is 2.34. The largest absolute Gasteiger partial charge is 0.419 e. The summed E-state index contributed by atoms with van der Waals surface area (Å²) >= 11 is 1.26. The number of nitrogens with zero attached hydrogens (tertiary/aromatic N) is 1. The van der Waals surface area contributed by atoms with Crippen LogP contribution in [0.25, 0.3) is 0 Å². The summed E-state index contributed by atoms with van der Waals surface area (Å²) in [6, 6.07) is 2.04. The lowest BCUT2D eigenvalue weighted by Gasteiger charge is -2.09. The van der Waals surface area contributed by atoms with Crippen molar-refractivity contribution in [1.29, 1.82) is 0 Å². The normalized spacial score (nSPS) is 11.8. The second-order valence-corrected chi connectivity index (χ2v) is 5.93. The molecule has 0 saturated heterocycles. The van der Waals surface area contributed by atoms with Crippen LogP contribution in [0.3, 0.4) is 0 Å². The number of anilines is 1. The van der Waals surface area contributed by atoms with E-state index in [0.717, 1.165) is 10.9 Å². The number of amides is 1. The number of carbonyl (C=O) groups is 1. The number of nitrogens with one attached hydrogen (secondary N) is 1. The van der Waals surface area contributed by atoms with Gasteiger partial charge in [-0.3, -0.25) is 10.1 Å². The summed E-state index contributed by atoms with van der Waals surface area (Å²) in [4.78, 5) is 16.9. The Labute approximate surface area is 128 Å². The smallest absolute Gasteiger partial charge is 0.298 e. The Bertz CT molecular complexity index is 694. The Morgan fingerprint density at radius 1 is 1.32 bits per heavy atom. The summed E-state index contributed by atoms with van der Waals surface area (Å²) in [7, 11) is 0. The topological polar surface area (TPSA) is 42.0 Å². The van der Waals surface area contributed by atoms with Gasteiger partial charge in [0.1, 0.15) is 5.82 Å². The number of aromatic nitrogens is 1. The third-order valence-corrected chi connectivity index (χ3v) is 4.06. The molecule has 118 valence electrons. The van der Waals surface area contributed by atoms with Gasteiger partial charge in [-0.2, -0.15) is 13.2 Å². The molecular weight excluding hydrogens is 320 g/mol. The fourth-order valence-electron chi connectivity index (χ4n) is 1.67. The van der Waals surface area contributed by atoms with Crippen LogP contribution in [-0.4, -0.2) is 10.9 Å². The summed E-state index contributed by atoms with van der Waals surface area (Å²) in [6.07, 6.45) is -3.18. The predicted octanol–water partition coefficient (Wildman–Crippen LogP) is 4.68. The van der Waals surface area contributed by atoms with Crippen molar-refractivity contribution in [2.45, 2.75) is 25.9 Å². The van der Waals surface area contributed by atoms with E-state index in [4.69, 9.17) is 0 Å². The molecule has 2 rings (SSSR count). The molecule has 0 bridgehead atoms. The average molecular weight is 332 g/mol. The molecule has 1 amide bonds. The second-order valence-electron chi connectivity index (χ2n) is 4.87. The molecule has 1 N–H and O–H groups in total. The maximum absolute atomic E-state index is 13.4. The Hall–Kier alpha value is -1.96. The highest BCUT2D eigenvalue weighted by atomic mass is 32.1. The molecular formula is C14H12F4N2OS. The molecule has 0 saturated carbocycles. The van der Waals surface area contributed by atoms with Crippen molar-refractivity contribution in [2.24, 2.45) is 0 Å². The van der Waals surface area contributed by atoms with E-state index in [1.807, 2.05) is 13.8 Å². The third-order valence-electron chi connectivity index (χ3n) is 2.85. The summed E-state index contributed by atoms with van der Waals surface area (Å²) in [6.45, 7) is 3.93. The van der Waals surface area contributed by atoms with E-state index in [2.05, 4.69) is 10.3 Å². The zero-order valence-electron chi connectivity index (χ0n) is 11.7. The Morgan fingerprint density at radius 2 is 2.00 bits per heavy atom. The van der Waals surface area contributed by atoms with Gasteiger partial charge in [0.05, 0.1) is 5.56 Å². The average Bonchev–Trinajstić information content (AvgIpc) is 2.85. The van der Waals surface area contributed by atoms with Crippen molar-refractivity contribution in [3.05, 3.63) is 46.2 Å². The molecule has 0 unspecified atom stereocenters. The number of carbonyl (C=O) groups excluding carboxylic acids is 1. The number of halogens is 4. The van der Waals surface area contributed by atoms with Crippen LogP contribution in [0.1, 0.15) is 40.6 Å². The van der Waals surface area contributed by atoms with Crippen molar-refractivity contribution in [2.75, 3.05) is 5.32 Å². The number of thiazole rings is 1. The fourth-order valence-corrected chi connectivity index (χ4v) is 2.48. The van der Waals surface area contributed by atoms with E-state index in [1.165, 1.54) is 11.3 Å². The minimum Gasteiger partial charge on any atom is -0.298 e. The molecule has 0 fully saturated rings. The Kier molecular flexibility index (Phi) is 4.50. The highest BCUT2D eigenvalue weighted by molar-refractivity contribution is 7.15. The third kappa shape index (κ3) is 3.62. The highest BCUT2D eigenvalue weighted by Crippen LogP contribution is 2.32. The number of alkyl halides is 3. The zero-order valence-corrected chi connectivity index (χ0v) is 12.5. The lowest BCUT2D eigenvalue weighted by Crippen LogP contribution is -2.14. The van der Waals surface area contributed by atoms with Gasteiger partial charge in [0, 0.05) is 16.6 Å². The van der Waals surface area contributed by atoms with Crippen LogP contribution in [-0.2, 0) is 6.18 Å². The van der Waals surface area contributed by atoms with Gasteiger partial charge in [-0.1, -0.05) is 13.8 Å². The van der Waals surface area contributed by atoms with Crippen LogP contribution < -0.4 is 5.32 Å². The lowest BCUT2D eigenvalue weighted by atomic mass is 10.1. The van der Waals surface area contributed by atoms with Gasteiger partial charge in [-0.05, 0) is 24.1 Å². The van der Waals surface area contributed by atoms with Crippen molar-refractivity contribution in [1.82, 2.24) is 4.98 Å². The van der Waals surface area contributed by atoms with Crippen LogP contribution >= 0.6 is 11.3 Å². The van der Waals surface area contributed by atoms with E-state index in [0.29, 0.717) is 17.3 Å². The molecule has 3 nitrogen and oxygen atoms in total. The van der Waals surface area contributed by atoms with E-state index in [-0.39, 0.29) is 11.5 Å². The molecule has 0 atom stereocenters. The SMILES string of the molecule is CC(C)c1cnc(NC(=O)c2ccc(C(F)(F)F)c(F)c2)s1. The molecule has 1 aromatic heterocycles. The molecule has 0 aliphatic heterocycles. The first kappa shape index (κ1) is 16.4. The number of hydrogen-bond donors (Lipinski definition) is 1. The van der Waals surface area contributed by atoms with E-state index >= 15 is 0 Å². The first-order chi connectivity index (χ1) is 10.2. The summed E-state index contributed by atoms with van der Waals surface area (Å²) in [5.41, 5.74) is -1.60. The van der Waals surface area contributed by atoms with Crippen molar-refractivity contribution < 1.29 is 22.4 Å². The van der Waals surface area contributed by atoms with E-state index in [9.17, 15) is 22.4 Å². The second kappa shape index (κ2) is 6.04. The standard InChI is InChI=1S/C14H12F4N2OS/c1-7(2)11-6-19-13(22-11)20-12(21)8-3-4-9(10(15)5-8)14(16,17)18/h3-7H,1-2H3,(H,19,20,21). The van der Waals surface area contributed by atoms with Gasteiger partial charge >= 0.3 is 6.18 Å². The maximum Gasteiger partial charge on any atom is 0.419 e. The van der Waals surface area contributed by atoms with Gasteiger partial charge in [0.2, 0.25) is 0 Å². The minimum absolute atomic E-state index is 0.202. The molecule has 0 aliphatic carbocycles. The maximum atomic E-state index is 13.4. The Balaban J connectivity index is 2.17. The zero-order chi connectivity index (χ0) is 16.5. The minimum atomic E-state index is -4.79. The van der Waals surface area contributed by atoms with Crippen LogP contribution in [0.2, 0.25) is 0 Å². The van der Waals surface area contributed by atoms with Crippen molar-refractivity contribution in [3.63, 3.8) is 0 Å². The number of hydrogen-bond acceptors (Lipinski definition) is 3. The summed E-state index contributed by atoms with van der Waals surface area (Å²) in [5.74, 6) is -1.95. The predicted molar refractivity (Wildman–Crippen MR) is 75.6 cm³/mol. The molecule has 1 heterocycles. The molecule has 0 aliphatic rings. The molecule has 1 aromatic carbocycles. The monoisotopic (exact) mass is 332 g/mol. The molecule has 0 radical (unpaired) electrons. The lowest BCUT2D eigenvalue weighted by molar-refractivity contribution is -0.140. The fraction of sp³-hybridized carbons (Fsp3) is 0.286. The summed E-state index contributed by atoms with van der Waals surface area (Å²) in [5, 5.41) is 2.75. The molecule has 2 aromatic rings. The Morgan fingerprint density at radius 3 is 2.50 bits per heavy atom. The van der Waals surface area contributed by atoms with Crippen LogP contribution in [0.5, 0.6) is 0 Å². The van der Waals surface area contributed by atoms with E-state index in [1.54, 1.807) is 6.20 Å². The quantitative estimate of drug-likeness (QED) is 0.830. The van der Waals surface area contributed by atoms with Gasteiger partial charge < -0.3 is 0 Å². The molecule has 0 spiro atoms. The molecule has 22 heavy (non-hydrogen) atoms. The van der Waals surface area contributed by atoms with Crippen LogP contribution in [0.4, 0.5) is 22.7 Å². The van der Waals surface area contributed by atoms with Gasteiger partial charge in [0.15, 0.2) is 5.13 Å². The molecule has 8 heteroatoms. The number of benzene rings is 1. The van der Waals surface area contributed by atoms with Gasteiger partial charge in [-0.25, -0.2) is 9.37 Å². The van der Waals surface area contributed by atoms with Gasteiger partial charge in [0.25, 0.3) is 5.91 Å². The van der Waals surface area contributed by atoms with Crippen molar-refractivity contribution in [3.8, 4) is 0 Å². The van der Waals surface area contributed by atoms with Crippen molar-refractivity contribution >= 4 is 22.4 Å². The van der Waals surface area contributed by atoms with Crippen LogP contribution in [0.15, 0.2) is 24.4 Å². The first-order valence-electron chi connectivity index (χ1n) is 6.32. The van der Waals surface area contributed by atoms with Gasteiger partial charge in [-0.15, -0.1) is 11.3 Å². The van der Waals surface area contributed by atoms with Crippen LogP contribution in [0, 0.1) is 5.82 Å². The first-order valence-corrected chi connectivity index (χ1v) is 7.14.